The monoisotopic (exact) mass is 487 g/mol. The van der Waals surface area contributed by atoms with Crippen molar-refractivity contribution < 1.29 is 0 Å². The average molecular weight is 488 g/mol. The Morgan fingerprint density at radius 3 is 2.29 bits per heavy atom. The van der Waals surface area contributed by atoms with Crippen molar-refractivity contribution in [3.05, 3.63) is 100 Å². The molecular weight excluding hydrogens is 458 g/mol. The fourth-order valence-electron chi connectivity index (χ4n) is 4.28. The molecule has 2 unspecified atom stereocenters. The minimum atomic E-state index is -0.620. The van der Waals surface area contributed by atoms with E-state index in [4.69, 9.17) is 11.6 Å². The van der Waals surface area contributed by atoms with Crippen LogP contribution in [-0.2, 0) is 6.42 Å². The molecule has 34 heavy (non-hydrogen) atoms. The number of hydrogen-bond donors (Lipinski definition) is 1. The summed E-state index contributed by atoms with van der Waals surface area (Å²) >= 11 is 7.81. The highest BCUT2D eigenvalue weighted by atomic mass is 35.5. The van der Waals surface area contributed by atoms with Crippen LogP contribution in [0.15, 0.2) is 77.7 Å². The summed E-state index contributed by atoms with van der Waals surface area (Å²) < 4.78 is 0. The van der Waals surface area contributed by atoms with Crippen molar-refractivity contribution >= 4 is 23.4 Å². The molecule has 0 saturated heterocycles. The van der Waals surface area contributed by atoms with E-state index in [9.17, 15) is 10.5 Å². The topological polar surface area (TPSA) is 59.6 Å². The molecule has 3 atom stereocenters. The first-order valence-electron chi connectivity index (χ1n) is 11.3. The highest BCUT2D eigenvalue weighted by Gasteiger charge is 2.34. The van der Waals surface area contributed by atoms with E-state index < -0.39 is 5.41 Å². The van der Waals surface area contributed by atoms with Gasteiger partial charge in [-0.05, 0) is 86.5 Å². The molecule has 0 bridgehead atoms. The van der Waals surface area contributed by atoms with Gasteiger partial charge in [0, 0.05) is 21.9 Å². The maximum absolute atomic E-state index is 10.0. The molecule has 1 N–H and O–H groups in total. The molecule has 0 radical (unpaired) electrons. The van der Waals surface area contributed by atoms with E-state index in [1.54, 1.807) is 11.8 Å². The summed E-state index contributed by atoms with van der Waals surface area (Å²) in [5.41, 5.74) is 3.39. The Morgan fingerprint density at radius 1 is 0.971 bits per heavy atom. The van der Waals surface area contributed by atoms with Crippen LogP contribution in [-0.4, -0.2) is 12.3 Å². The van der Waals surface area contributed by atoms with E-state index in [-0.39, 0.29) is 18.0 Å². The van der Waals surface area contributed by atoms with Gasteiger partial charge in [0.15, 0.2) is 0 Å². The van der Waals surface area contributed by atoms with Crippen molar-refractivity contribution in [3.8, 4) is 12.1 Å². The lowest BCUT2D eigenvalue weighted by molar-refractivity contribution is 0.280. The maximum atomic E-state index is 10.0. The van der Waals surface area contributed by atoms with Crippen LogP contribution in [0, 0.1) is 28.1 Å². The Morgan fingerprint density at radius 2 is 1.65 bits per heavy atom. The van der Waals surface area contributed by atoms with Crippen molar-refractivity contribution in [1.82, 2.24) is 5.32 Å². The number of hydrogen-bond acceptors (Lipinski definition) is 4. The van der Waals surface area contributed by atoms with Gasteiger partial charge in [-0.3, -0.25) is 0 Å². The largest absolute Gasteiger partial charge is 0.305 e. The quantitative estimate of drug-likeness (QED) is 0.317. The van der Waals surface area contributed by atoms with Crippen molar-refractivity contribution in [2.75, 3.05) is 6.26 Å². The molecule has 5 heteroatoms. The van der Waals surface area contributed by atoms with Crippen molar-refractivity contribution in [3.63, 3.8) is 0 Å². The van der Waals surface area contributed by atoms with E-state index in [1.807, 2.05) is 44.2 Å². The third-order valence-corrected chi connectivity index (χ3v) is 7.26. The van der Waals surface area contributed by atoms with Gasteiger partial charge >= 0.3 is 0 Å². The molecule has 3 aromatic rings. The average Bonchev–Trinajstić information content (AvgIpc) is 2.86. The summed E-state index contributed by atoms with van der Waals surface area (Å²) in [5, 5.41) is 24.0. The molecule has 3 aromatic carbocycles. The molecule has 0 amide bonds. The Labute approximate surface area is 212 Å². The molecule has 0 aliphatic carbocycles. The molecule has 0 aromatic heterocycles. The summed E-state index contributed by atoms with van der Waals surface area (Å²) in [6.07, 6.45) is 2.84. The molecule has 3 nitrogen and oxygen atoms in total. The van der Waals surface area contributed by atoms with E-state index in [0.717, 1.165) is 17.5 Å². The normalized spacial score (nSPS) is 14.0. The van der Waals surface area contributed by atoms with Gasteiger partial charge in [-0.2, -0.15) is 10.5 Å². The second-order valence-electron chi connectivity index (χ2n) is 9.17. The van der Waals surface area contributed by atoms with Crippen LogP contribution >= 0.6 is 23.4 Å². The van der Waals surface area contributed by atoms with E-state index in [1.165, 1.54) is 10.5 Å². The predicted octanol–water partition coefficient (Wildman–Crippen LogP) is 7.53. The number of halogens is 1. The molecule has 3 rings (SSSR count). The van der Waals surface area contributed by atoms with Gasteiger partial charge < -0.3 is 5.32 Å². The number of benzene rings is 3. The first kappa shape index (κ1) is 25.9. The third kappa shape index (κ3) is 6.43. The van der Waals surface area contributed by atoms with Crippen LogP contribution in [0.4, 0.5) is 0 Å². The highest BCUT2D eigenvalue weighted by molar-refractivity contribution is 7.98. The van der Waals surface area contributed by atoms with Gasteiger partial charge in [0.25, 0.3) is 0 Å². The molecule has 0 heterocycles. The van der Waals surface area contributed by atoms with Crippen molar-refractivity contribution in [2.45, 2.75) is 50.1 Å². The first-order valence-corrected chi connectivity index (χ1v) is 12.9. The molecule has 0 aliphatic rings. The smallest absolute Gasteiger partial charge is 0.0991 e. The van der Waals surface area contributed by atoms with E-state index in [2.05, 4.69) is 73.1 Å². The second-order valence-corrected chi connectivity index (χ2v) is 10.5. The van der Waals surface area contributed by atoms with Crippen LogP contribution in [0.1, 0.15) is 55.0 Å². The summed E-state index contributed by atoms with van der Waals surface area (Å²) in [6.45, 7) is 6.12. The zero-order valence-corrected chi connectivity index (χ0v) is 21.6. The third-order valence-electron chi connectivity index (χ3n) is 6.28. The lowest BCUT2D eigenvalue weighted by atomic mass is 9.79. The lowest BCUT2D eigenvalue weighted by Crippen LogP contribution is -2.42. The molecular formula is C29H30ClN3S. The Kier molecular flexibility index (Phi) is 8.81. The summed E-state index contributed by atoms with van der Waals surface area (Å²) in [6, 6.07) is 28.8. The van der Waals surface area contributed by atoms with Crippen LogP contribution in [0.3, 0.4) is 0 Å². The standard InChI is InChI=1S/C29H30ClN3S/c1-20(33-28(29(2,3)19-32)24-9-6-10-26(17-24)34-4)27(16-21-11-13-25(30)14-12-21)23-8-5-7-22(15-23)18-31/h5-15,17,20,27-28,33H,16H2,1-4H3/t20?,27?,28-/m0/s1. The maximum Gasteiger partial charge on any atom is 0.0991 e. The molecule has 0 aliphatic heterocycles. The summed E-state index contributed by atoms with van der Waals surface area (Å²) in [7, 11) is 0. The summed E-state index contributed by atoms with van der Waals surface area (Å²) in [4.78, 5) is 1.17. The predicted molar refractivity (Wildman–Crippen MR) is 142 cm³/mol. The van der Waals surface area contributed by atoms with Gasteiger partial charge in [0.05, 0.1) is 29.2 Å². The summed E-state index contributed by atoms with van der Waals surface area (Å²) in [5.74, 6) is 0.0928. The van der Waals surface area contributed by atoms with Crippen LogP contribution in [0.5, 0.6) is 0 Å². The van der Waals surface area contributed by atoms with Gasteiger partial charge in [-0.1, -0.05) is 48.0 Å². The zero-order valence-electron chi connectivity index (χ0n) is 20.0. The molecule has 0 spiro atoms. The Hall–Kier alpha value is -2.76. The van der Waals surface area contributed by atoms with Gasteiger partial charge in [0.1, 0.15) is 0 Å². The highest BCUT2D eigenvalue weighted by Crippen LogP contribution is 2.36. The second kappa shape index (κ2) is 11.6. The van der Waals surface area contributed by atoms with Gasteiger partial charge in [0.2, 0.25) is 0 Å². The Bertz CT molecular complexity index is 1190. The van der Waals surface area contributed by atoms with Crippen LogP contribution in [0.25, 0.3) is 0 Å². The van der Waals surface area contributed by atoms with Crippen molar-refractivity contribution in [2.24, 2.45) is 5.41 Å². The number of rotatable bonds is 9. The molecule has 0 saturated carbocycles. The molecule has 174 valence electrons. The van der Waals surface area contributed by atoms with E-state index >= 15 is 0 Å². The lowest BCUT2D eigenvalue weighted by Gasteiger charge is -2.36. The van der Waals surface area contributed by atoms with Crippen LogP contribution < -0.4 is 5.32 Å². The number of thioether (sulfide) groups is 1. The van der Waals surface area contributed by atoms with Crippen LogP contribution in [0.2, 0.25) is 5.02 Å². The first-order chi connectivity index (χ1) is 16.3. The zero-order chi connectivity index (χ0) is 24.7. The molecule has 0 fully saturated rings. The number of nitriles is 2. The fourth-order valence-corrected chi connectivity index (χ4v) is 4.88. The van der Waals surface area contributed by atoms with Crippen molar-refractivity contribution in [1.29, 1.82) is 10.5 Å². The van der Waals surface area contributed by atoms with Gasteiger partial charge in [-0.25, -0.2) is 0 Å². The number of nitrogens with zero attached hydrogens (tertiary/aromatic N) is 2. The number of nitrogens with one attached hydrogen (secondary N) is 1. The Balaban J connectivity index is 2.00. The fraction of sp³-hybridized carbons (Fsp3) is 0.310. The van der Waals surface area contributed by atoms with Gasteiger partial charge in [-0.15, -0.1) is 11.8 Å². The SMILES string of the molecule is CSc1cccc([C@H](NC(C)C(Cc2ccc(Cl)cc2)c2cccc(C#N)c2)C(C)(C)C#N)c1. The minimum absolute atomic E-state index is 0.0279. The minimum Gasteiger partial charge on any atom is -0.305 e. The van der Waals surface area contributed by atoms with E-state index in [0.29, 0.717) is 10.6 Å².